The molecule has 2 aromatic rings. The molecule has 0 spiro atoms. The second kappa shape index (κ2) is 5.09. The molecule has 0 saturated carbocycles. The van der Waals surface area contributed by atoms with Crippen LogP contribution in [0, 0.1) is 17.0 Å². The molecule has 0 atom stereocenters. The SMILES string of the molecule is Cc1cc([N+](=O)[O-])ccc1N(C)Cc1nccn1C. The van der Waals surface area contributed by atoms with Crippen molar-refractivity contribution >= 4 is 11.4 Å². The van der Waals surface area contributed by atoms with Gasteiger partial charge in [-0.2, -0.15) is 0 Å². The summed E-state index contributed by atoms with van der Waals surface area (Å²) in [6.45, 7) is 2.53. The van der Waals surface area contributed by atoms with Gasteiger partial charge in [0.2, 0.25) is 0 Å². The van der Waals surface area contributed by atoms with Crippen molar-refractivity contribution in [1.29, 1.82) is 0 Å². The maximum absolute atomic E-state index is 10.7. The van der Waals surface area contributed by atoms with Gasteiger partial charge in [-0.15, -0.1) is 0 Å². The van der Waals surface area contributed by atoms with Gasteiger partial charge in [-0.25, -0.2) is 4.98 Å². The van der Waals surface area contributed by atoms with Gasteiger partial charge in [0.25, 0.3) is 5.69 Å². The molecule has 0 fully saturated rings. The number of nitro groups is 1. The lowest BCUT2D eigenvalue weighted by Crippen LogP contribution is -2.19. The number of benzene rings is 1. The monoisotopic (exact) mass is 260 g/mol. The number of non-ortho nitro benzene ring substituents is 1. The Morgan fingerprint density at radius 2 is 2.21 bits per heavy atom. The number of imidazole rings is 1. The zero-order chi connectivity index (χ0) is 14.0. The molecule has 6 heteroatoms. The standard InChI is InChI=1S/C13H16N4O2/c1-10-8-11(17(18)19)4-5-12(10)16(3)9-13-14-6-7-15(13)2/h4-8H,9H2,1-3H3. The molecule has 0 amide bonds. The number of nitro benzene ring substituents is 1. The van der Waals surface area contributed by atoms with Crippen LogP contribution in [-0.4, -0.2) is 21.5 Å². The number of anilines is 1. The molecule has 0 radical (unpaired) electrons. The van der Waals surface area contributed by atoms with Crippen LogP contribution in [0.2, 0.25) is 0 Å². The number of hydrogen-bond donors (Lipinski definition) is 0. The van der Waals surface area contributed by atoms with Gasteiger partial charge in [-0.1, -0.05) is 0 Å². The van der Waals surface area contributed by atoms with Crippen molar-refractivity contribution in [2.45, 2.75) is 13.5 Å². The molecule has 100 valence electrons. The predicted molar refractivity (Wildman–Crippen MR) is 73.1 cm³/mol. The van der Waals surface area contributed by atoms with Crippen LogP contribution >= 0.6 is 0 Å². The Morgan fingerprint density at radius 1 is 1.47 bits per heavy atom. The molecular formula is C13H16N4O2. The van der Waals surface area contributed by atoms with E-state index in [1.54, 1.807) is 18.3 Å². The lowest BCUT2D eigenvalue weighted by molar-refractivity contribution is -0.384. The maximum Gasteiger partial charge on any atom is 0.269 e. The van der Waals surface area contributed by atoms with Crippen LogP contribution in [0.4, 0.5) is 11.4 Å². The zero-order valence-electron chi connectivity index (χ0n) is 11.2. The summed E-state index contributed by atoms with van der Waals surface area (Å²) < 4.78 is 1.96. The minimum Gasteiger partial charge on any atom is -0.367 e. The third kappa shape index (κ3) is 2.73. The highest BCUT2D eigenvalue weighted by Gasteiger charge is 2.12. The first kappa shape index (κ1) is 13.1. The zero-order valence-corrected chi connectivity index (χ0v) is 11.2. The predicted octanol–water partition coefficient (Wildman–Crippen LogP) is 2.27. The summed E-state index contributed by atoms with van der Waals surface area (Å²) in [6, 6.07) is 4.89. The van der Waals surface area contributed by atoms with Crippen LogP contribution < -0.4 is 4.90 Å². The van der Waals surface area contributed by atoms with E-state index in [1.165, 1.54) is 6.07 Å². The highest BCUT2D eigenvalue weighted by atomic mass is 16.6. The summed E-state index contributed by atoms with van der Waals surface area (Å²) in [4.78, 5) is 16.6. The van der Waals surface area contributed by atoms with Crippen LogP contribution in [-0.2, 0) is 13.6 Å². The maximum atomic E-state index is 10.7. The number of rotatable bonds is 4. The average molecular weight is 260 g/mol. The molecule has 0 aliphatic carbocycles. The van der Waals surface area contributed by atoms with E-state index in [0.29, 0.717) is 6.54 Å². The van der Waals surface area contributed by atoms with E-state index in [4.69, 9.17) is 0 Å². The van der Waals surface area contributed by atoms with Crippen molar-refractivity contribution < 1.29 is 4.92 Å². The fourth-order valence-corrected chi connectivity index (χ4v) is 2.03. The quantitative estimate of drug-likeness (QED) is 0.625. The van der Waals surface area contributed by atoms with Gasteiger partial charge in [0.15, 0.2) is 0 Å². The van der Waals surface area contributed by atoms with E-state index in [-0.39, 0.29) is 10.6 Å². The van der Waals surface area contributed by atoms with E-state index < -0.39 is 0 Å². The number of nitrogens with zero attached hydrogens (tertiary/aromatic N) is 4. The molecular weight excluding hydrogens is 244 g/mol. The first-order valence-corrected chi connectivity index (χ1v) is 5.91. The molecule has 0 saturated heterocycles. The Labute approximate surface area is 111 Å². The van der Waals surface area contributed by atoms with Gasteiger partial charge in [0.1, 0.15) is 5.82 Å². The molecule has 2 rings (SSSR count). The van der Waals surface area contributed by atoms with E-state index in [0.717, 1.165) is 17.1 Å². The second-order valence-electron chi connectivity index (χ2n) is 4.54. The minimum absolute atomic E-state index is 0.117. The molecule has 19 heavy (non-hydrogen) atoms. The fraction of sp³-hybridized carbons (Fsp3) is 0.308. The summed E-state index contributed by atoms with van der Waals surface area (Å²) in [5, 5.41) is 10.7. The summed E-state index contributed by atoms with van der Waals surface area (Å²) in [6.07, 6.45) is 3.65. The summed E-state index contributed by atoms with van der Waals surface area (Å²) in [7, 11) is 3.89. The summed E-state index contributed by atoms with van der Waals surface area (Å²) >= 11 is 0. The van der Waals surface area contributed by atoms with Gasteiger partial charge in [0.05, 0.1) is 11.5 Å². The van der Waals surface area contributed by atoms with Gasteiger partial charge in [0, 0.05) is 44.3 Å². The van der Waals surface area contributed by atoms with Crippen molar-refractivity contribution in [2.75, 3.05) is 11.9 Å². The summed E-state index contributed by atoms with van der Waals surface area (Å²) in [5.74, 6) is 0.945. The Morgan fingerprint density at radius 3 is 2.74 bits per heavy atom. The highest BCUT2D eigenvalue weighted by Crippen LogP contribution is 2.24. The van der Waals surface area contributed by atoms with Crippen molar-refractivity contribution in [3.8, 4) is 0 Å². The van der Waals surface area contributed by atoms with Gasteiger partial charge in [-0.3, -0.25) is 10.1 Å². The molecule has 0 N–H and O–H groups in total. The Kier molecular flexibility index (Phi) is 3.50. The van der Waals surface area contributed by atoms with Crippen LogP contribution in [0.5, 0.6) is 0 Å². The molecule has 0 aliphatic rings. The number of aryl methyl sites for hydroxylation is 2. The molecule has 1 aromatic carbocycles. The Balaban J connectivity index is 2.22. The largest absolute Gasteiger partial charge is 0.367 e. The van der Waals surface area contributed by atoms with Gasteiger partial charge >= 0.3 is 0 Å². The van der Waals surface area contributed by atoms with E-state index in [2.05, 4.69) is 4.98 Å². The minimum atomic E-state index is -0.379. The van der Waals surface area contributed by atoms with Crippen LogP contribution in [0.25, 0.3) is 0 Å². The number of hydrogen-bond acceptors (Lipinski definition) is 4. The molecule has 1 heterocycles. The van der Waals surface area contributed by atoms with Crippen LogP contribution in [0.1, 0.15) is 11.4 Å². The van der Waals surface area contributed by atoms with Crippen molar-refractivity contribution in [2.24, 2.45) is 7.05 Å². The van der Waals surface area contributed by atoms with Crippen molar-refractivity contribution in [1.82, 2.24) is 9.55 Å². The Bertz CT molecular complexity index is 606. The summed E-state index contributed by atoms with van der Waals surface area (Å²) in [5.41, 5.74) is 1.96. The molecule has 1 aromatic heterocycles. The lowest BCUT2D eigenvalue weighted by Gasteiger charge is -2.20. The molecule has 6 nitrogen and oxygen atoms in total. The Hall–Kier alpha value is -2.37. The molecule has 0 unspecified atom stereocenters. The fourth-order valence-electron chi connectivity index (χ4n) is 2.03. The second-order valence-corrected chi connectivity index (χ2v) is 4.54. The van der Waals surface area contributed by atoms with E-state index in [9.17, 15) is 10.1 Å². The van der Waals surface area contributed by atoms with Crippen LogP contribution in [0.3, 0.4) is 0 Å². The first-order chi connectivity index (χ1) is 8.99. The van der Waals surface area contributed by atoms with Crippen LogP contribution in [0.15, 0.2) is 30.6 Å². The first-order valence-electron chi connectivity index (χ1n) is 5.91. The number of aromatic nitrogens is 2. The van der Waals surface area contributed by atoms with Crippen molar-refractivity contribution in [3.63, 3.8) is 0 Å². The van der Waals surface area contributed by atoms with E-state index in [1.807, 2.05) is 36.7 Å². The highest BCUT2D eigenvalue weighted by molar-refractivity contribution is 5.56. The smallest absolute Gasteiger partial charge is 0.269 e. The third-order valence-corrected chi connectivity index (χ3v) is 3.10. The van der Waals surface area contributed by atoms with E-state index >= 15 is 0 Å². The normalized spacial score (nSPS) is 10.5. The molecule has 0 bridgehead atoms. The topological polar surface area (TPSA) is 64.2 Å². The van der Waals surface area contributed by atoms with Gasteiger partial charge < -0.3 is 9.47 Å². The third-order valence-electron chi connectivity index (χ3n) is 3.10. The lowest BCUT2D eigenvalue weighted by atomic mass is 10.1. The van der Waals surface area contributed by atoms with Crippen molar-refractivity contribution in [3.05, 3.63) is 52.1 Å². The molecule has 0 aliphatic heterocycles. The van der Waals surface area contributed by atoms with Gasteiger partial charge in [-0.05, 0) is 18.6 Å². The average Bonchev–Trinajstić information content (AvgIpc) is 2.74.